The molecular weight excluding hydrogens is 319 g/mol. The van der Waals surface area contributed by atoms with Gasteiger partial charge in [0, 0.05) is 6.07 Å². The Labute approximate surface area is 139 Å². The zero-order chi connectivity index (χ0) is 16.4. The molecule has 1 aromatic heterocycles. The third kappa shape index (κ3) is 3.39. The average molecular weight is 337 g/mol. The van der Waals surface area contributed by atoms with E-state index < -0.39 is 0 Å². The van der Waals surface area contributed by atoms with E-state index in [9.17, 15) is 9.18 Å². The van der Waals surface area contributed by atoms with Gasteiger partial charge in [-0.15, -0.1) is 11.6 Å². The van der Waals surface area contributed by atoms with E-state index in [1.165, 1.54) is 12.1 Å². The van der Waals surface area contributed by atoms with Crippen LogP contribution in [0.5, 0.6) is 0 Å². The first-order valence-corrected chi connectivity index (χ1v) is 8.18. The number of benzene rings is 1. The topological polar surface area (TPSA) is 46.3 Å². The molecule has 0 spiro atoms. The molecule has 6 heteroatoms. The molecular formula is C17H18ClFN2O2. The summed E-state index contributed by atoms with van der Waals surface area (Å²) >= 11 is 5.79. The molecule has 0 fully saturated rings. The average Bonchev–Trinajstić information content (AvgIpc) is 2.96. The maximum absolute atomic E-state index is 13.7. The fourth-order valence-electron chi connectivity index (χ4n) is 3.18. The second kappa shape index (κ2) is 6.71. The Morgan fingerprint density at radius 3 is 3.00 bits per heavy atom. The molecule has 0 saturated carbocycles. The lowest BCUT2D eigenvalue weighted by atomic mass is 9.86. The number of hydrogen-bond acceptors (Lipinski definition) is 3. The molecule has 0 aliphatic heterocycles. The predicted molar refractivity (Wildman–Crippen MR) is 84.6 cm³/mol. The van der Waals surface area contributed by atoms with Crippen molar-refractivity contribution in [3.8, 4) is 0 Å². The zero-order valence-electron chi connectivity index (χ0n) is 12.9. The summed E-state index contributed by atoms with van der Waals surface area (Å²) in [5.41, 5.74) is 2.63. The number of carbonyl (C=O) groups is 1. The van der Waals surface area contributed by atoms with Gasteiger partial charge in [-0.3, -0.25) is 4.79 Å². The molecule has 2 aromatic rings. The van der Waals surface area contributed by atoms with Crippen LogP contribution in [-0.4, -0.2) is 21.8 Å². The van der Waals surface area contributed by atoms with Crippen LogP contribution in [0.25, 0.3) is 0 Å². The smallest absolute Gasteiger partial charge is 0.238 e. The molecule has 1 aliphatic carbocycles. The highest BCUT2D eigenvalue weighted by Gasteiger charge is 2.30. The van der Waals surface area contributed by atoms with Gasteiger partial charge in [-0.25, -0.2) is 4.39 Å². The van der Waals surface area contributed by atoms with Crippen molar-refractivity contribution in [3.63, 3.8) is 0 Å². The molecule has 1 amide bonds. The number of aromatic nitrogens is 1. The van der Waals surface area contributed by atoms with Gasteiger partial charge in [0.05, 0.1) is 12.6 Å². The summed E-state index contributed by atoms with van der Waals surface area (Å²) in [6.07, 6.45) is 2.64. The Morgan fingerprint density at radius 1 is 1.48 bits per heavy atom. The summed E-state index contributed by atoms with van der Waals surface area (Å²) < 4.78 is 18.8. The number of alkyl halides is 1. The Bertz CT molecular complexity index is 716. The third-order valence-electron chi connectivity index (χ3n) is 4.21. The van der Waals surface area contributed by atoms with Crippen LogP contribution in [0.15, 0.2) is 28.8 Å². The molecule has 0 unspecified atom stereocenters. The lowest BCUT2D eigenvalue weighted by Gasteiger charge is -2.35. The molecule has 0 bridgehead atoms. The lowest BCUT2D eigenvalue weighted by Crippen LogP contribution is -2.37. The predicted octanol–water partition coefficient (Wildman–Crippen LogP) is 3.77. The second-order valence-corrected chi connectivity index (χ2v) is 6.10. The van der Waals surface area contributed by atoms with Crippen LogP contribution in [0.4, 0.5) is 4.39 Å². The van der Waals surface area contributed by atoms with Gasteiger partial charge in [-0.05, 0) is 49.4 Å². The monoisotopic (exact) mass is 336 g/mol. The van der Waals surface area contributed by atoms with E-state index in [-0.39, 0.29) is 23.6 Å². The molecule has 1 aliphatic rings. The van der Waals surface area contributed by atoms with Gasteiger partial charge in [-0.2, -0.15) is 0 Å². The molecule has 122 valence electrons. The van der Waals surface area contributed by atoms with Crippen molar-refractivity contribution in [1.29, 1.82) is 0 Å². The van der Waals surface area contributed by atoms with Crippen molar-refractivity contribution >= 4 is 17.5 Å². The minimum atomic E-state index is -0.286. The van der Waals surface area contributed by atoms with Crippen LogP contribution >= 0.6 is 11.6 Å². The van der Waals surface area contributed by atoms with E-state index in [4.69, 9.17) is 16.1 Å². The number of rotatable bonds is 4. The normalized spacial score (nSPS) is 16.9. The maximum atomic E-state index is 13.7. The highest BCUT2D eigenvalue weighted by molar-refractivity contribution is 6.27. The van der Waals surface area contributed by atoms with Gasteiger partial charge in [0.25, 0.3) is 0 Å². The van der Waals surface area contributed by atoms with Crippen molar-refractivity contribution in [1.82, 2.24) is 10.1 Å². The SMILES string of the molecule is Cc1cc(CN(C(=O)CCl)[C@H]2CCCc3ccc(F)cc32)no1. The van der Waals surface area contributed by atoms with Crippen LogP contribution in [-0.2, 0) is 17.8 Å². The van der Waals surface area contributed by atoms with Crippen LogP contribution in [0.1, 0.15) is 41.5 Å². The summed E-state index contributed by atoms with van der Waals surface area (Å²) in [4.78, 5) is 14.0. The lowest BCUT2D eigenvalue weighted by molar-refractivity contribution is -0.132. The van der Waals surface area contributed by atoms with Gasteiger partial charge in [-0.1, -0.05) is 11.2 Å². The van der Waals surface area contributed by atoms with Gasteiger partial charge in [0.15, 0.2) is 0 Å². The van der Waals surface area contributed by atoms with Crippen molar-refractivity contribution in [3.05, 3.63) is 52.7 Å². The maximum Gasteiger partial charge on any atom is 0.238 e. The summed E-state index contributed by atoms with van der Waals surface area (Å²) in [7, 11) is 0. The molecule has 4 nitrogen and oxygen atoms in total. The van der Waals surface area contributed by atoms with Crippen LogP contribution in [0, 0.1) is 12.7 Å². The molecule has 0 N–H and O–H groups in total. The Kier molecular flexibility index (Phi) is 4.66. The number of amides is 1. The fourth-order valence-corrected chi connectivity index (χ4v) is 3.34. The summed E-state index contributed by atoms with van der Waals surface area (Å²) in [5, 5.41) is 3.95. The van der Waals surface area contributed by atoms with Crippen LogP contribution < -0.4 is 0 Å². The van der Waals surface area contributed by atoms with Crippen molar-refractivity contribution in [2.24, 2.45) is 0 Å². The first-order chi connectivity index (χ1) is 11.1. The molecule has 0 saturated heterocycles. The molecule has 3 rings (SSSR count). The molecule has 23 heavy (non-hydrogen) atoms. The number of aryl methyl sites for hydroxylation is 2. The van der Waals surface area contributed by atoms with E-state index in [1.807, 2.05) is 0 Å². The quantitative estimate of drug-likeness (QED) is 0.798. The minimum Gasteiger partial charge on any atom is -0.361 e. The summed E-state index contributed by atoms with van der Waals surface area (Å²) in [5.74, 6) is 0.104. The van der Waals surface area contributed by atoms with E-state index >= 15 is 0 Å². The summed E-state index contributed by atoms with van der Waals surface area (Å²) in [6, 6.07) is 6.42. The van der Waals surface area contributed by atoms with Gasteiger partial charge >= 0.3 is 0 Å². The minimum absolute atomic E-state index is 0.113. The first-order valence-electron chi connectivity index (χ1n) is 7.64. The Morgan fingerprint density at radius 2 is 2.30 bits per heavy atom. The standard InChI is InChI=1S/C17H18ClFN2O2/c1-11-7-14(20-23-11)10-21(17(22)9-18)16-4-2-3-12-5-6-13(19)8-15(12)16/h5-8,16H,2-4,9-10H2,1H3/t16-/m0/s1. The van der Waals surface area contributed by atoms with E-state index in [2.05, 4.69) is 5.16 Å². The number of fused-ring (bicyclic) bond motifs is 1. The van der Waals surface area contributed by atoms with E-state index in [1.54, 1.807) is 24.0 Å². The molecule has 1 atom stereocenters. The van der Waals surface area contributed by atoms with Crippen molar-refractivity contribution in [2.45, 2.75) is 38.8 Å². The van der Waals surface area contributed by atoms with Crippen molar-refractivity contribution in [2.75, 3.05) is 5.88 Å². The summed E-state index contributed by atoms with van der Waals surface area (Å²) in [6.45, 7) is 2.11. The number of halogens is 2. The fraction of sp³-hybridized carbons (Fsp3) is 0.412. The van der Waals surface area contributed by atoms with Crippen molar-refractivity contribution < 1.29 is 13.7 Å². The van der Waals surface area contributed by atoms with Crippen LogP contribution in [0.3, 0.4) is 0 Å². The molecule has 0 radical (unpaired) electrons. The zero-order valence-corrected chi connectivity index (χ0v) is 13.6. The highest BCUT2D eigenvalue weighted by Crippen LogP contribution is 2.35. The second-order valence-electron chi connectivity index (χ2n) is 5.84. The number of carbonyl (C=O) groups excluding carboxylic acids is 1. The van der Waals surface area contributed by atoms with Gasteiger partial charge < -0.3 is 9.42 Å². The highest BCUT2D eigenvalue weighted by atomic mass is 35.5. The number of hydrogen-bond donors (Lipinski definition) is 0. The Hall–Kier alpha value is -1.88. The van der Waals surface area contributed by atoms with Gasteiger partial charge in [0.1, 0.15) is 23.2 Å². The number of nitrogens with zero attached hydrogens (tertiary/aromatic N) is 2. The molecule has 1 heterocycles. The largest absolute Gasteiger partial charge is 0.361 e. The van der Waals surface area contributed by atoms with Crippen LogP contribution in [0.2, 0.25) is 0 Å². The molecule has 1 aromatic carbocycles. The first kappa shape index (κ1) is 16.0. The van der Waals surface area contributed by atoms with E-state index in [0.717, 1.165) is 30.4 Å². The van der Waals surface area contributed by atoms with E-state index in [0.29, 0.717) is 18.0 Å². The van der Waals surface area contributed by atoms with Gasteiger partial charge in [0.2, 0.25) is 5.91 Å². The Balaban J connectivity index is 1.94. The third-order valence-corrected chi connectivity index (χ3v) is 4.44.